The van der Waals surface area contributed by atoms with Crippen LogP contribution in [-0.4, -0.2) is 20.9 Å². The predicted molar refractivity (Wildman–Crippen MR) is 82.2 cm³/mol. The number of carbonyl (C=O) groups is 1. The van der Waals surface area contributed by atoms with Crippen LogP contribution in [0.5, 0.6) is 0 Å². The van der Waals surface area contributed by atoms with E-state index < -0.39 is 11.8 Å². The summed E-state index contributed by atoms with van der Waals surface area (Å²) in [6.07, 6.45) is 0. The minimum atomic E-state index is -1.14. The Morgan fingerprint density at radius 3 is 2.68 bits per heavy atom. The largest absolute Gasteiger partial charge is 0.476 e. The van der Waals surface area contributed by atoms with Gasteiger partial charge in [0.15, 0.2) is 5.69 Å². The molecule has 0 spiro atoms. The van der Waals surface area contributed by atoms with Gasteiger partial charge in [-0.2, -0.15) is 5.10 Å². The second kappa shape index (κ2) is 5.59. The van der Waals surface area contributed by atoms with Gasteiger partial charge in [0.05, 0.1) is 12.1 Å². The molecule has 1 aromatic heterocycles. The maximum Gasteiger partial charge on any atom is 0.357 e. The molecule has 1 N–H and O–H groups in total. The Hall–Kier alpha value is -2.11. The van der Waals surface area contributed by atoms with Crippen molar-refractivity contribution in [2.24, 2.45) is 0 Å². The van der Waals surface area contributed by atoms with Gasteiger partial charge >= 0.3 is 5.97 Å². The highest BCUT2D eigenvalue weighted by molar-refractivity contribution is 6.31. The van der Waals surface area contributed by atoms with E-state index in [0.29, 0.717) is 21.5 Å². The summed E-state index contributed by atoms with van der Waals surface area (Å²) in [5.41, 5.74) is 1.16. The molecule has 1 heterocycles. The van der Waals surface area contributed by atoms with Crippen molar-refractivity contribution >= 4 is 40.1 Å². The molecular weight excluding hydrogens is 330 g/mol. The monoisotopic (exact) mass is 338 g/mol. The summed E-state index contributed by atoms with van der Waals surface area (Å²) in [4.78, 5) is 11.3. The summed E-state index contributed by atoms with van der Waals surface area (Å²) in [6, 6.07) is 8.94. The highest BCUT2D eigenvalue weighted by Crippen LogP contribution is 2.25. The van der Waals surface area contributed by atoms with Gasteiger partial charge in [-0.1, -0.05) is 29.3 Å². The van der Waals surface area contributed by atoms with Crippen molar-refractivity contribution in [2.75, 3.05) is 0 Å². The number of fused-ring (bicyclic) bond motifs is 1. The minimum absolute atomic E-state index is 0.0873. The quantitative estimate of drug-likeness (QED) is 0.777. The van der Waals surface area contributed by atoms with E-state index in [1.807, 2.05) is 0 Å². The van der Waals surface area contributed by atoms with Crippen molar-refractivity contribution in [1.29, 1.82) is 0 Å². The van der Waals surface area contributed by atoms with Gasteiger partial charge in [-0.25, -0.2) is 9.18 Å². The Kier molecular flexibility index (Phi) is 3.76. The van der Waals surface area contributed by atoms with E-state index in [1.165, 1.54) is 16.8 Å². The number of carboxylic acid groups (broad SMARTS) is 1. The van der Waals surface area contributed by atoms with Crippen LogP contribution >= 0.6 is 23.2 Å². The molecular formula is C15H9Cl2FN2O2. The van der Waals surface area contributed by atoms with E-state index in [9.17, 15) is 14.3 Å². The summed E-state index contributed by atoms with van der Waals surface area (Å²) in [6.45, 7) is 0.227. The Morgan fingerprint density at radius 2 is 2.00 bits per heavy atom. The molecule has 0 aliphatic heterocycles. The molecule has 0 radical (unpaired) electrons. The lowest BCUT2D eigenvalue weighted by Crippen LogP contribution is -2.05. The summed E-state index contributed by atoms with van der Waals surface area (Å²) in [5, 5.41) is 14.5. The minimum Gasteiger partial charge on any atom is -0.476 e. The molecule has 0 unspecified atom stereocenters. The first-order valence-electron chi connectivity index (χ1n) is 6.29. The third-order valence-electron chi connectivity index (χ3n) is 3.25. The van der Waals surface area contributed by atoms with Gasteiger partial charge in [-0.15, -0.1) is 0 Å². The summed E-state index contributed by atoms with van der Waals surface area (Å²) in [7, 11) is 0. The van der Waals surface area contributed by atoms with Gasteiger partial charge in [-0.3, -0.25) is 4.68 Å². The van der Waals surface area contributed by atoms with Crippen LogP contribution in [0, 0.1) is 5.82 Å². The Morgan fingerprint density at radius 1 is 1.23 bits per heavy atom. The van der Waals surface area contributed by atoms with Crippen LogP contribution in [0.15, 0.2) is 36.4 Å². The summed E-state index contributed by atoms with van der Waals surface area (Å²) >= 11 is 11.9. The number of halogens is 3. The smallest absolute Gasteiger partial charge is 0.357 e. The molecule has 112 valence electrons. The number of rotatable bonds is 3. The van der Waals surface area contributed by atoms with E-state index in [2.05, 4.69) is 5.10 Å². The van der Waals surface area contributed by atoms with Crippen molar-refractivity contribution in [3.63, 3.8) is 0 Å². The molecule has 7 heteroatoms. The van der Waals surface area contributed by atoms with Gasteiger partial charge in [-0.05, 0) is 35.9 Å². The van der Waals surface area contributed by atoms with Gasteiger partial charge in [0, 0.05) is 15.4 Å². The van der Waals surface area contributed by atoms with Crippen molar-refractivity contribution in [3.05, 3.63) is 63.5 Å². The first-order chi connectivity index (χ1) is 10.5. The van der Waals surface area contributed by atoms with Crippen LogP contribution in [-0.2, 0) is 6.54 Å². The van der Waals surface area contributed by atoms with Crippen molar-refractivity contribution in [1.82, 2.24) is 9.78 Å². The van der Waals surface area contributed by atoms with Gasteiger partial charge < -0.3 is 5.11 Å². The molecule has 2 aromatic carbocycles. The molecule has 4 nitrogen and oxygen atoms in total. The number of aromatic nitrogens is 2. The van der Waals surface area contributed by atoms with Crippen molar-refractivity contribution in [3.8, 4) is 0 Å². The van der Waals surface area contributed by atoms with Crippen LogP contribution < -0.4 is 0 Å². The lowest BCUT2D eigenvalue weighted by molar-refractivity contribution is 0.0691. The number of hydrogen-bond donors (Lipinski definition) is 1. The molecule has 0 aliphatic rings. The number of hydrogen-bond acceptors (Lipinski definition) is 2. The molecule has 3 aromatic rings. The van der Waals surface area contributed by atoms with Gasteiger partial charge in [0.1, 0.15) is 5.82 Å². The van der Waals surface area contributed by atoms with Crippen LogP contribution in [0.25, 0.3) is 10.9 Å². The molecule has 0 atom stereocenters. The normalized spacial score (nSPS) is 11.0. The zero-order chi connectivity index (χ0) is 15.9. The molecule has 0 saturated heterocycles. The average Bonchev–Trinajstić information content (AvgIpc) is 2.80. The second-order valence-corrected chi connectivity index (χ2v) is 5.55. The molecule has 0 amide bonds. The second-order valence-electron chi connectivity index (χ2n) is 4.71. The molecule has 0 bridgehead atoms. The van der Waals surface area contributed by atoms with Crippen LogP contribution in [0.1, 0.15) is 16.1 Å². The molecule has 0 aliphatic carbocycles. The average molecular weight is 339 g/mol. The highest BCUT2D eigenvalue weighted by atomic mass is 35.5. The summed E-state index contributed by atoms with van der Waals surface area (Å²) in [5.74, 6) is -1.58. The third-order valence-corrected chi connectivity index (χ3v) is 3.84. The predicted octanol–water partition coefficient (Wildman–Crippen LogP) is 4.23. The van der Waals surface area contributed by atoms with Crippen molar-refractivity contribution < 1.29 is 14.3 Å². The fraction of sp³-hybridized carbons (Fsp3) is 0.0667. The fourth-order valence-corrected chi connectivity index (χ4v) is 2.64. The zero-order valence-electron chi connectivity index (χ0n) is 11.1. The van der Waals surface area contributed by atoms with E-state index in [4.69, 9.17) is 23.2 Å². The van der Waals surface area contributed by atoms with E-state index in [1.54, 1.807) is 24.3 Å². The Balaban J connectivity index is 2.13. The van der Waals surface area contributed by atoms with E-state index in [0.717, 1.165) is 0 Å². The van der Waals surface area contributed by atoms with Crippen LogP contribution in [0.4, 0.5) is 4.39 Å². The zero-order valence-corrected chi connectivity index (χ0v) is 12.6. The van der Waals surface area contributed by atoms with Gasteiger partial charge in [0.25, 0.3) is 0 Å². The number of carboxylic acids is 1. The topological polar surface area (TPSA) is 55.1 Å². The van der Waals surface area contributed by atoms with E-state index >= 15 is 0 Å². The lowest BCUT2D eigenvalue weighted by Gasteiger charge is -2.06. The van der Waals surface area contributed by atoms with Gasteiger partial charge in [0.2, 0.25) is 0 Å². The number of benzene rings is 2. The van der Waals surface area contributed by atoms with Crippen LogP contribution in [0.3, 0.4) is 0 Å². The Bertz CT molecular complexity index is 893. The van der Waals surface area contributed by atoms with Crippen LogP contribution in [0.2, 0.25) is 10.0 Å². The number of nitrogens with zero attached hydrogens (tertiary/aromatic N) is 2. The molecule has 3 rings (SSSR count). The third kappa shape index (κ3) is 2.65. The maximum atomic E-state index is 13.1. The van der Waals surface area contributed by atoms with Crippen molar-refractivity contribution in [2.45, 2.75) is 6.54 Å². The lowest BCUT2D eigenvalue weighted by atomic mass is 10.2. The highest BCUT2D eigenvalue weighted by Gasteiger charge is 2.17. The molecule has 22 heavy (non-hydrogen) atoms. The fourth-order valence-electron chi connectivity index (χ4n) is 2.24. The maximum absolute atomic E-state index is 13.1. The number of aromatic carboxylic acids is 1. The SMILES string of the molecule is O=C(O)c1nn(Cc2ccc(F)cc2Cl)c2ccc(Cl)cc12. The molecule has 0 saturated carbocycles. The summed E-state index contributed by atoms with van der Waals surface area (Å²) < 4.78 is 14.6. The first-order valence-corrected chi connectivity index (χ1v) is 7.04. The first kappa shape index (κ1) is 14.8. The standard InChI is InChI=1S/C15H9Cl2FN2O2/c16-9-2-4-13-11(5-9)14(15(21)22)19-20(13)7-8-1-3-10(18)6-12(8)17/h1-6H,7H2,(H,21,22). The van der Waals surface area contributed by atoms with E-state index in [-0.39, 0.29) is 17.3 Å². The molecule has 0 fully saturated rings. The Labute approximate surface area is 134 Å².